The van der Waals surface area contributed by atoms with E-state index in [0.717, 1.165) is 25.9 Å². The lowest BCUT2D eigenvalue weighted by atomic mass is 9.94. The third kappa shape index (κ3) is 3.78. The van der Waals surface area contributed by atoms with Crippen molar-refractivity contribution < 1.29 is 9.53 Å². The maximum absolute atomic E-state index is 12.2. The summed E-state index contributed by atoms with van der Waals surface area (Å²) >= 11 is 5.83. The summed E-state index contributed by atoms with van der Waals surface area (Å²) in [5.74, 6) is 0.136. The summed E-state index contributed by atoms with van der Waals surface area (Å²) in [5, 5.41) is 0.654. The normalized spacial score (nSPS) is 24.4. The quantitative estimate of drug-likeness (QED) is 0.795. The summed E-state index contributed by atoms with van der Waals surface area (Å²) in [6.07, 6.45) is 2.12. The summed E-state index contributed by atoms with van der Waals surface area (Å²) in [6, 6.07) is 7.07. The lowest BCUT2D eigenvalue weighted by molar-refractivity contribution is -0.0485. The van der Waals surface area contributed by atoms with Gasteiger partial charge in [0.15, 0.2) is 5.78 Å². The lowest BCUT2D eigenvalue weighted by Gasteiger charge is -2.39. The van der Waals surface area contributed by atoms with Crippen LogP contribution in [-0.2, 0) is 4.74 Å². The average Bonchev–Trinajstić information content (AvgIpc) is 2.39. The predicted molar refractivity (Wildman–Crippen MR) is 76.9 cm³/mol. The molecule has 0 aliphatic carbocycles. The van der Waals surface area contributed by atoms with Gasteiger partial charge in [-0.2, -0.15) is 0 Å². The van der Waals surface area contributed by atoms with Gasteiger partial charge in [0.2, 0.25) is 0 Å². The van der Waals surface area contributed by atoms with E-state index in [-0.39, 0.29) is 11.4 Å². The first kappa shape index (κ1) is 14.5. The SMILES string of the molecule is COC1(C)CCCN(CC(=O)c2ccc(Cl)cc2)C1. The molecular weight excluding hydrogens is 262 g/mol. The van der Waals surface area contributed by atoms with Crippen LogP contribution >= 0.6 is 11.6 Å². The number of piperidine rings is 1. The fourth-order valence-corrected chi connectivity index (χ4v) is 2.67. The first-order valence-electron chi connectivity index (χ1n) is 6.59. The molecule has 0 saturated carbocycles. The number of Topliss-reactive ketones (excluding diaryl/α,β-unsaturated/α-hetero) is 1. The number of ether oxygens (including phenoxy) is 1. The van der Waals surface area contributed by atoms with Crippen LogP contribution in [0.3, 0.4) is 0 Å². The summed E-state index contributed by atoms with van der Waals surface area (Å²) < 4.78 is 5.54. The number of hydrogen-bond donors (Lipinski definition) is 0. The van der Waals surface area contributed by atoms with Gasteiger partial charge in [0, 0.05) is 24.2 Å². The van der Waals surface area contributed by atoms with Crippen LogP contribution in [-0.4, -0.2) is 43.0 Å². The number of hydrogen-bond acceptors (Lipinski definition) is 3. The van der Waals surface area contributed by atoms with Crippen LogP contribution in [0.4, 0.5) is 0 Å². The Bertz CT molecular complexity index is 446. The van der Waals surface area contributed by atoms with E-state index in [1.165, 1.54) is 0 Å². The Balaban J connectivity index is 1.97. The van der Waals surface area contributed by atoms with Crippen molar-refractivity contribution in [2.45, 2.75) is 25.4 Å². The van der Waals surface area contributed by atoms with E-state index < -0.39 is 0 Å². The van der Waals surface area contributed by atoms with Gasteiger partial charge in [-0.25, -0.2) is 0 Å². The van der Waals surface area contributed by atoms with Crippen molar-refractivity contribution >= 4 is 17.4 Å². The summed E-state index contributed by atoms with van der Waals surface area (Å²) in [6.45, 7) is 4.31. The molecule has 4 heteroatoms. The van der Waals surface area contributed by atoms with Crippen molar-refractivity contribution in [1.82, 2.24) is 4.90 Å². The molecule has 1 aromatic rings. The Morgan fingerprint density at radius 2 is 2.11 bits per heavy atom. The highest BCUT2D eigenvalue weighted by Gasteiger charge is 2.31. The van der Waals surface area contributed by atoms with E-state index in [0.29, 0.717) is 17.1 Å². The van der Waals surface area contributed by atoms with Gasteiger partial charge in [-0.05, 0) is 50.6 Å². The maximum Gasteiger partial charge on any atom is 0.176 e. The number of nitrogens with zero attached hydrogens (tertiary/aromatic N) is 1. The molecule has 0 bridgehead atoms. The van der Waals surface area contributed by atoms with E-state index in [4.69, 9.17) is 16.3 Å². The molecule has 0 spiro atoms. The minimum atomic E-state index is -0.126. The van der Waals surface area contributed by atoms with Gasteiger partial charge in [0.25, 0.3) is 0 Å². The first-order chi connectivity index (χ1) is 9.02. The molecule has 0 radical (unpaired) electrons. The minimum Gasteiger partial charge on any atom is -0.377 e. The van der Waals surface area contributed by atoms with Gasteiger partial charge in [-0.15, -0.1) is 0 Å². The smallest absolute Gasteiger partial charge is 0.176 e. The summed E-state index contributed by atoms with van der Waals surface area (Å²) in [5.41, 5.74) is 0.590. The molecule has 0 amide bonds. The molecule has 19 heavy (non-hydrogen) atoms. The van der Waals surface area contributed by atoms with Gasteiger partial charge in [0.1, 0.15) is 0 Å². The molecule has 0 aromatic heterocycles. The zero-order chi connectivity index (χ0) is 13.9. The van der Waals surface area contributed by atoms with Crippen LogP contribution < -0.4 is 0 Å². The summed E-state index contributed by atoms with van der Waals surface area (Å²) in [7, 11) is 1.74. The number of methoxy groups -OCH3 is 1. The van der Waals surface area contributed by atoms with Crippen LogP contribution in [0.25, 0.3) is 0 Å². The molecule has 1 heterocycles. The number of likely N-dealkylation sites (tertiary alicyclic amines) is 1. The highest BCUT2D eigenvalue weighted by atomic mass is 35.5. The minimum absolute atomic E-state index is 0.126. The van der Waals surface area contributed by atoms with Crippen LogP contribution in [0, 0.1) is 0 Å². The number of carbonyl (C=O) groups excluding carboxylic acids is 1. The number of ketones is 1. The number of carbonyl (C=O) groups is 1. The molecule has 1 fully saturated rings. The van der Waals surface area contributed by atoms with Crippen molar-refractivity contribution in [1.29, 1.82) is 0 Å². The maximum atomic E-state index is 12.2. The van der Waals surface area contributed by atoms with E-state index in [1.807, 2.05) is 0 Å². The highest BCUT2D eigenvalue weighted by Crippen LogP contribution is 2.24. The largest absolute Gasteiger partial charge is 0.377 e. The molecule has 1 aliphatic heterocycles. The summed E-state index contributed by atoms with van der Waals surface area (Å²) in [4.78, 5) is 14.4. The van der Waals surface area contributed by atoms with Gasteiger partial charge in [-0.3, -0.25) is 9.69 Å². The lowest BCUT2D eigenvalue weighted by Crippen LogP contribution is -2.48. The van der Waals surface area contributed by atoms with Crippen molar-refractivity contribution in [2.24, 2.45) is 0 Å². The fraction of sp³-hybridized carbons (Fsp3) is 0.533. The number of halogens is 1. The Kier molecular flexibility index (Phi) is 4.61. The second kappa shape index (κ2) is 6.04. The molecule has 1 saturated heterocycles. The zero-order valence-electron chi connectivity index (χ0n) is 11.5. The molecule has 1 atom stereocenters. The van der Waals surface area contributed by atoms with Gasteiger partial charge < -0.3 is 4.74 Å². The van der Waals surface area contributed by atoms with E-state index in [9.17, 15) is 4.79 Å². The van der Waals surface area contributed by atoms with E-state index in [1.54, 1.807) is 31.4 Å². The third-order valence-electron chi connectivity index (χ3n) is 3.76. The number of benzene rings is 1. The Hall–Kier alpha value is -0.900. The van der Waals surface area contributed by atoms with Crippen molar-refractivity contribution in [3.63, 3.8) is 0 Å². The van der Waals surface area contributed by atoms with Crippen molar-refractivity contribution in [3.05, 3.63) is 34.9 Å². The van der Waals surface area contributed by atoms with Crippen LogP contribution in [0.15, 0.2) is 24.3 Å². The predicted octanol–water partition coefficient (Wildman–Crippen LogP) is 3.02. The molecule has 0 N–H and O–H groups in total. The topological polar surface area (TPSA) is 29.5 Å². The molecule has 1 unspecified atom stereocenters. The second-order valence-electron chi connectivity index (χ2n) is 5.40. The Morgan fingerprint density at radius 1 is 1.42 bits per heavy atom. The zero-order valence-corrected chi connectivity index (χ0v) is 12.2. The molecule has 1 aromatic carbocycles. The highest BCUT2D eigenvalue weighted by molar-refractivity contribution is 6.30. The van der Waals surface area contributed by atoms with Gasteiger partial charge in [0.05, 0.1) is 12.1 Å². The number of rotatable bonds is 4. The average molecular weight is 282 g/mol. The van der Waals surface area contributed by atoms with Crippen LogP contribution in [0.1, 0.15) is 30.1 Å². The van der Waals surface area contributed by atoms with E-state index >= 15 is 0 Å². The standard InChI is InChI=1S/C15H20ClNO2/c1-15(19-2)8-3-9-17(11-15)10-14(18)12-4-6-13(16)7-5-12/h4-7H,3,8-11H2,1-2H3. The monoisotopic (exact) mass is 281 g/mol. The molecule has 3 nitrogen and oxygen atoms in total. The fourth-order valence-electron chi connectivity index (χ4n) is 2.54. The molecule has 2 rings (SSSR count). The Labute approximate surface area is 119 Å². The molecular formula is C15H20ClNO2. The third-order valence-corrected chi connectivity index (χ3v) is 4.02. The van der Waals surface area contributed by atoms with Crippen molar-refractivity contribution in [3.8, 4) is 0 Å². The first-order valence-corrected chi connectivity index (χ1v) is 6.96. The second-order valence-corrected chi connectivity index (χ2v) is 5.83. The van der Waals surface area contributed by atoms with Crippen molar-refractivity contribution in [2.75, 3.05) is 26.7 Å². The van der Waals surface area contributed by atoms with Gasteiger partial charge in [-0.1, -0.05) is 11.6 Å². The van der Waals surface area contributed by atoms with Gasteiger partial charge >= 0.3 is 0 Å². The van der Waals surface area contributed by atoms with Crippen LogP contribution in [0.2, 0.25) is 5.02 Å². The van der Waals surface area contributed by atoms with Crippen LogP contribution in [0.5, 0.6) is 0 Å². The molecule has 104 valence electrons. The Morgan fingerprint density at radius 3 is 2.74 bits per heavy atom. The molecule has 1 aliphatic rings. The van der Waals surface area contributed by atoms with E-state index in [2.05, 4.69) is 11.8 Å².